The summed E-state index contributed by atoms with van der Waals surface area (Å²) in [5.41, 5.74) is 6.29. The number of thiazole rings is 1. The summed E-state index contributed by atoms with van der Waals surface area (Å²) in [4.78, 5) is 4.81. The normalized spacial score (nSPS) is 11.2. The van der Waals surface area contributed by atoms with Crippen LogP contribution in [0.2, 0.25) is 10.0 Å². The van der Waals surface area contributed by atoms with Crippen LogP contribution in [0.25, 0.3) is 31.6 Å². The van der Waals surface area contributed by atoms with Crippen LogP contribution in [0.5, 0.6) is 5.75 Å². The van der Waals surface area contributed by atoms with Crippen LogP contribution in [0, 0.1) is 6.92 Å². The van der Waals surface area contributed by atoms with Gasteiger partial charge in [0, 0.05) is 39.0 Å². The molecule has 0 amide bonds. The summed E-state index contributed by atoms with van der Waals surface area (Å²) < 4.78 is 7.49. The SMILES string of the molecule is Cc1ccc2nc(-c3ccc(NCc4c(OCc5c(Cl)cccc5Cl)ccc5ccccc45)cc3)sc2c1. The topological polar surface area (TPSA) is 34.2 Å². The molecule has 0 aliphatic heterocycles. The molecule has 0 bridgehead atoms. The highest BCUT2D eigenvalue weighted by Gasteiger charge is 2.13. The fourth-order valence-corrected chi connectivity index (χ4v) is 6.11. The first-order valence-corrected chi connectivity index (χ1v) is 13.9. The molecule has 3 nitrogen and oxygen atoms in total. The van der Waals surface area contributed by atoms with Crippen LogP contribution >= 0.6 is 34.5 Å². The van der Waals surface area contributed by atoms with Crippen LogP contribution in [-0.2, 0) is 13.2 Å². The Labute approximate surface area is 235 Å². The van der Waals surface area contributed by atoms with Crippen molar-refractivity contribution in [2.45, 2.75) is 20.1 Å². The van der Waals surface area contributed by atoms with E-state index in [0.717, 1.165) is 49.4 Å². The van der Waals surface area contributed by atoms with E-state index in [4.69, 9.17) is 32.9 Å². The summed E-state index contributed by atoms with van der Waals surface area (Å²) in [5.74, 6) is 0.800. The van der Waals surface area contributed by atoms with E-state index in [0.29, 0.717) is 23.2 Å². The molecule has 0 fully saturated rings. The lowest BCUT2D eigenvalue weighted by atomic mass is 10.0. The smallest absolute Gasteiger partial charge is 0.125 e. The Kier molecular flexibility index (Phi) is 6.94. The molecular weight excluding hydrogens is 531 g/mol. The van der Waals surface area contributed by atoms with E-state index in [-0.39, 0.29) is 0 Å². The van der Waals surface area contributed by atoms with Crippen LogP contribution in [0.1, 0.15) is 16.7 Å². The number of benzene rings is 5. The summed E-state index contributed by atoms with van der Waals surface area (Å²) in [6.07, 6.45) is 0. The Morgan fingerprint density at radius 3 is 2.42 bits per heavy atom. The Hall–Kier alpha value is -3.57. The molecule has 1 N–H and O–H groups in total. The molecule has 188 valence electrons. The number of ether oxygens (including phenoxy) is 1. The molecule has 6 aromatic rings. The highest BCUT2D eigenvalue weighted by molar-refractivity contribution is 7.21. The van der Waals surface area contributed by atoms with E-state index in [1.165, 1.54) is 10.3 Å². The minimum atomic E-state index is 0.292. The fraction of sp³-hybridized carbons (Fsp3) is 0.0938. The number of rotatable bonds is 7. The number of halogens is 2. The van der Waals surface area contributed by atoms with Crippen LogP contribution in [0.4, 0.5) is 5.69 Å². The zero-order valence-electron chi connectivity index (χ0n) is 20.7. The Morgan fingerprint density at radius 1 is 0.816 bits per heavy atom. The zero-order chi connectivity index (χ0) is 26.1. The number of hydrogen-bond donors (Lipinski definition) is 1. The van der Waals surface area contributed by atoms with Crippen LogP contribution in [-0.4, -0.2) is 4.98 Å². The molecule has 0 radical (unpaired) electrons. The molecule has 0 saturated carbocycles. The molecule has 0 spiro atoms. The number of fused-ring (bicyclic) bond motifs is 2. The number of nitrogens with zero attached hydrogens (tertiary/aromatic N) is 1. The predicted octanol–water partition coefficient (Wildman–Crippen LogP) is 9.92. The minimum Gasteiger partial charge on any atom is -0.488 e. The van der Waals surface area contributed by atoms with E-state index >= 15 is 0 Å². The minimum absolute atomic E-state index is 0.292. The maximum atomic E-state index is 6.38. The lowest BCUT2D eigenvalue weighted by Crippen LogP contribution is -2.05. The van der Waals surface area contributed by atoms with Crippen molar-refractivity contribution in [2.75, 3.05) is 5.32 Å². The predicted molar refractivity (Wildman–Crippen MR) is 162 cm³/mol. The molecule has 0 atom stereocenters. The lowest BCUT2D eigenvalue weighted by Gasteiger charge is -2.17. The molecule has 0 aliphatic rings. The van der Waals surface area contributed by atoms with Gasteiger partial charge in [0.1, 0.15) is 17.4 Å². The lowest BCUT2D eigenvalue weighted by molar-refractivity contribution is 0.304. The zero-order valence-corrected chi connectivity index (χ0v) is 23.0. The third-order valence-electron chi connectivity index (χ3n) is 6.58. The van der Waals surface area contributed by atoms with E-state index in [9.17, 15) is 0 Å². The van der Waals surface area contributed by atoms with Crippen molar-refractivity contribution in [2.24, 2.45) is 0 Å². The van der Waals surface area contributed by atoms with Crippen molar-refractivity contribution < 1.29 is 4.74 Å². The van der Waals surface area contributed by atoms with Gasteiger partial charge < -0.3 is 10.1 Å². The Morgan fingerprint density at radius 2 is 1.61 bits per heavy atom. The van der Waals surface area contributed by atoms with Gasteiger partial charge in [0.25, 0.3) is 0 Å². The average Bonchev–Trinajstić information content (AvgIpc) is 3.35. The molecule has 0 saturated heterocycles. The standard InChI is InChI=1S/C32H24Cl2N2OS/c1-20-9-15-29-31(17-20)38-32(36-29)22-10-13-23(14-11-22)35-18-25-24-6-3-2-5-21(24)12-16-30(25)37-19-26-27(33)7-4-8-28(26)34/h2-17,35H,18-19H2,1H3. The molecule has 1 heterocycles. The van der Waals surface area contributed by atoms with Crippen LogP contribution < -0.4 is 10.1 Å². The first kappa shape index (κ1) is 24.7. The summed E-state index contributed by atoms with van der Waals surface area (Å²) in [7, 11) is 0. The van der Waals surface area contributed by atoms with Gasteiger partial charge in [0.05, 0.1) is 10.2 Å². The van der Waals surface area contributed by atoms with Crippen molar-refractivity contribution in [3.8, 4) is 16.3 Å². The van der Waals surface area contributed by atoms with Gasteiger partial charge in [0.2, 0.25) is 0 Å². The van der Waals surface area contributed by atoms with Gasteiger partial charge in [-0.2, -0.15) is 0 Å². The Bertz CT molecular complexity index is 1740. The van der Waals surface area contributed by atoms with E-state index in [2.05, 4.69) is 79.0 Å². The van der Waals surface area contributed by atoms with Gasteiger partial charge in [-0.25, -0.2) is 4.98 Å². The van der Waals surface area contributed by atoms with Gasteiger partial charge in [-0.3, -0.25) is 0 Å². The second kappa shape index (κ2) is 10.7. The third kappa shape index (κ3) is 5.08. The fourth-order valence-electron chi connectivity index (χ4n) is 4.53. The molecular formula is C32H24Cl2N2OS. The van der Waals surface area contributed by atoms with Crippen molar-refractivity contribution >= 4 is 61.2 Å². The van der Waals surface area contributed by atoms with Gasteiger partial charge in [-0.1, -0.05) is 65.7 Å². The first-order valence-electron chi connectivity index (χ1n) is 12.3. The van der Waals surface area contributed by atoms with Crippen molar-refractivity contribution in [3.05, 3.63) is 124 Å². The van der Waals surface area contributed by atoms with Crippen molar-refractivity contribution in [3.63, 3.8) is 0 Å². The molecule has 38 heavy (non-hydrogen) atoms. The summed E-state index contributed by atoms with van der Waals surface area (Å²) in [5, 5.41) is 8.11. The maximum Gasteiger partial charge on any atom is 0.125 e. The van der Waals surface area contributed by atoms with Gasteiger partial charge in [0.15, 0.2) is 0 Å². The monoisotopic (exact) mass is 554 g/mol. The van der Waals surface area contributed by atoms with Crippen LogP contribution in [0.15, 0.2) is 97.1 Å². The second-order valence-corrected chi connectivity index (χ2v) is 11.0. The molecule has 6 rings (SSSR count). The summed E-state index contributed by atoms with van der Waals surface area (Å²) in [6, 6.07) is 32.7. The number of aryl methyl sites for hydroxylation is 1. The molecule has 6 heteroatoms. The average molecular weight is 556 g/mol. The molecule has 0 unspecified atom stereocenters. The molecule has 1 aromatic heterocycles. The van der Waals surface area contributed by atoms with Gasteiger partial charge in [-0.05, 0) is 77.9 Å². The van der Waals surface area contributed by atoms with E-state index in [1.54, 1.807) is 11.3 Å². The van der Waals surface area contributed by atoms with Crippen LogP contribution in [0.3, 0.4) is 0 Å². The maximum absolute atomic E-state index is 6.38. The second-order valence-electron chi connectivity index (χ2n) is 9.17. The molecule has 0 aliphatic carbocycles. The van der Waals surface area contributed by atoms with E-state index < -0.39 is 0 Å². The van der Waals surface area contributed by atoms with Gasteiger partial charge >= 0.3 is 0 Å². The number of aromatic nitrogens is 1. The Balaban J connectivity index is 1.24. The quantitative estimate of drug-likeness (QED) is 0.213. The summed E-state index contributed by atoms with van der Waals surface area (Å²) in [6.45, 7) is 3.00. The number of nitrogens with one attached hydrogen (secondary N) is 1. The van der Waals surface area contributed by atoms with E-state index in [1.807, 2.05) is 30.3 Å². The largest absolute Gasteiger partial charge is 0.488 e. The third-order valence-corrected chi connectivity index (χ3v) is 8.35. The molecule has 5 aromatic carbocycles. The first-order chi connectivity index (χ1) is 18.5. The number of hydrogen-bond acceptors (Lipinski definition) is 4. The summed E-state index contributed by atoms with van der Waals surface area (Å²) >= 11 is 14.5. The highest BCUT2D eigenvalue weighted by atomic mass is 35.5. The van der Waals surface area contributed by atoms with Crippen molar-refractivity contribution in [1.29, 1.82) is 0 Å². The van der Waals surface area contributed by atoms with Crippen molar-refractivity contribution in [1.82, 2.24) is 4.98 Å². The number of anilines is 1. The van der Waals surface area contributed by atoms with Gasteiger partial charge in [-0.15, -0.1) is 11.3 Å². The highest BCUT2D eigenvalue weighted by Crippen LogP contribution is 2.33.